The van der Waals surface area contributed by atoms with Crippen molar-refractivity contribution in [2.24, 2.45) is 0 Å². The first-order chi connectivity index (χ1) is 8.37. The number of nitro groups is 1. The lowest BCUT2D eigenvalue weighted by Gasteiger charge is -2.47. The second kappa shape index (κ2) is 4.50. The lowest BCUT2D eigenvalue weighted by molar-refractivity contribution is -0.384. The minimum Gasteiger partial charge on any atom is -0.258 e. The average molecular weight is 263 g/mol. The van der Waals surface area contributed by atoms with Gasteiger partial charge in [0.25, 0.3) is 5.69 Å². The van der Waals surface area contributed by atoms with Gasteiger partial charge >= 0.3 is 0 Å². The van der Waals surface area contributed by atoms with Gasteiger partial charge in [-0.3, -0.25) is 10.1 Å². The number of benzene rings is 1. The summed E-state index contributed by atoms with van der Waals surface area (Å²) in [6, 6.07) is 8.61. The molecule has 0 aromatic heterocycles. The molecule has 1 heterocycles. The van der Waals surface area contributed by atoms with E-state index in [-0.39, 0.29) is 15.6 Å². The van der Waals surface area contributed by atoms with Crippen molar-refractivity contribution in [3.05, 3.63) is 39.9 Å². The van der Waals surface area contributed by atoms with Gasteiger partial charge in [0.2, 0.25) is 0 Å². The zero-order chi connectivity index (χ0) is 13.4. The van der Waals surface area contributed by atoms with E-state index in [1.54, 1.807) is 12.1 Å². The molecular weight excluding hydrogens is 242 g/mol. The van der Waals surface area contributed by atoms with Gasteiger partial charge in [-0.25, -0.2) is 0 Å². The van der Waals surface area contributed by atoms with Crippen LogP contribution in [0, 0.1) is 10.1 Å². The van der Waals surface area contributed by atoms with Gasteiger partial charge < -0.3 is 0 Å². The van der Waals surface area contributed by atoms with E-state index in [4.69, 9.17) is 0 Å². The number of nitro benzene ring substituents is 1. The van der Waals surface area contributed by atoms with E-state index in [1.165, 1.54) is 30.9 Å². The predicted octanol–water partition coefficient (Wildman–Crippen LogP) is 4.28. The van der Waals surface area contributed by atoms with E-state index >= 15 is 0 Å². The third-order valence-corrected chi connectivity index (χ3v) is 10.1. The summed E-state index contributed by atoms with van der Waals surface area (Å²) in [6.07, 6.45) is 3.86. The van der Waals surface area contributed by atoms with Crippen molar-refractivity contribution < 1.29 is 4.92 Å². The summed E-state index contributed by atoms with van der Waals surface area (Å²) in [7, 11) is -1.30. The van der Waals surface area contributed by atoms with Crippen LogP contribution in [0.25, 0.3) is 0 Å². The second-order valence-electron chi connectivity index (χ2n) is 6.23. The minimum atomic E-state index is -1.30. The SMILES string of the molecule is CC1(c2ccc([N+](=O)[O-])cc2)CCCC[Si]1(C)C. The second-order valence-corrected chi connectivity index (χ2v) is 11.6. The van der Waals surface area contributed by atoms with Crippen molar-refractivity contribution in [1.29, 1.82) is 0 Å². The predicted molar refractivity (Wildman–Crippen MR) is 76.6 cm³/mol. The molecular formula is C14H21NO2Si. The third-order valence-electron chi connectivity index (χ3n) is 4.94. The summed E-state index contributed by atoms with van der Waals surface area (Å²) >= 11 is 0. The Kier molecular flexibility index (Phi) is 3.32. The van der Waals surface area contributed by atoms with E-state index in [1.807, 2.05) is 12.1 Å². The first kappa shape index (κ1) is 13.3. The fourth-order valence-electron chi connectivity index (χ4n) is 3.15. The molecule has 1 atom stereocenters. The van der Waals surface area contributed by atoms with Gasteiger partial charge in [-0.05, 0) is 17.0 Å². The van der Waals surface area contributed by atoms with Crippen molar-refractivity contribution in [3.63, 3.8) is 0 Å². The number of non-ortho nitro benzene ring substituents is 1. The van der Waals surface area contributed by atoms with Crippen LogP contribution < -0.4 is 0 Å². The van der Waals surface area contributed by atoms with E-state index in [9.17, 15) is 10.1 Å². The van der Waals surface area contributed by atoms with Gasteiger partial charge in [0, 0.05) is 12.1 Å². The van der Waals surface area contributed by atoms with E-state index in [0.717, 1.165) is 0 Å². The van der Waals surface area contributed by atoms with Gasteiger partial charge in [0.1, 0.15) is 0 Å². The standard InChI is InChI=1S/C14H21NO2Si/c1-14(10-4-5-11-18(14,2)3)12-6-8-13(9-7-12)15(16)17/h6-9H,4-5,10-11H2,1-3H3. The molecule has 1 aromatic rings. The molecule has 2 rings (SSSR count). The first-order valence-corrected chi connectivity index (χ1v) is 9.82. The third kappa shape index (κ3) is 2.09. The number of hydrogen-bond acceptors (Lipinski definition) is 2. The average Bonchev–Trinajstić information content (AvgIpc) is 2.33. The smallest absolute Gasteiger partial charge is 0.258 e. The topological polar surface area (TPSA) is 43.1 Å². The fourth-order valence-corrected chi connectivity index (χ4v) is 6.63. The summed E-state index contributed by atoms with van der Waals surface area (Å²) in [5, 5.41) is 11.0. The molecule has 0 radical (unpaired) electrons. The van der Waals surface area contributed by atoms with Crippen LogP contribution in [0.1, 0.15) is 31.7 Å². The highest BCUT2D eigenvalue weighted by Gasteiger charge is 2.45. The van der Waals surface area contributed by atoms with Crippen LogP contribution in [0.5, 0.6) is 0 Å². The monoisotopic (exact) mass is 263 g/mol. The van der Waals surface area contributed by atoms with Crippen molar-refractivity contribution in [2.45, 2.75) is 50.4 Å². The quantitative estimate of drug-likeness (QED) is 0.454. The molecule has 18 heavy (non-hydrogen) atoms. The number of hydrogen-bond donors (Lipinski definition) is 0. The highest BCUT2D eigenvalue weighted by molar-refractivity contribution is 6.80. The molecule has 98 valence electrons. The molecule has 1 aromatic carbocycles. The minimum absolute atomic E-state index is 0.192. The van der Waals surface area contributed by atoms with Crippen LogP contribution in [-0.4, -0.2) is 13.0 Å². The molecule has 0 amide bonds. The summed E-state index contributed by atoms with van der Waals surface area (Å²) < 4.78 is 0. The summed E-state index contributed by atoms with van der Waals surface area (Å²) in [5.74, 6) is 0. The van der Waals surface area contributed by atoms with Gasteiger partial charge in [0.05, 0.1) is 13.0 Å². The van der Waals surface area contributed by atoms with Gasteiger partial charge in [0.15, 0.2) is 0 Å². The maximum atomic E-state index is 10.7. The molecule has 0 spiro atoms. The van der Waals surface area contributed by atoms with E-state index in [0.29, 0.717) is 0 Å². The fraction of sp³-hybridized carbons (Fsp3) is 0.571. The van der Waals surface area contributed by atoms with Gasteiger partial charge in [-0.1, -0.05) is 51.0 Å². The normalized spacial score (nSPS) is 26.8. The van der Waals surface area contributed by atoms with Crippen LogP contribution in [0.2, 0.25) is 19.1 Å². The van der Waals surface area contributed by atoms with Crippen LogP contribution in [0.15, 0.2) is 24.3 Å². The highest BCUT2D eigenvalue weighted by Crippen LogP contribution is 2.45. The van der Waals surface area contributed by atoms with Crippen molar-refractivity contribution >= 4 is 13.8 Å². The van der Waals surface area contributed by atoms with Crippen molar-refractivity contribution in [2.75, 3.05) is 0 Å². The lowest BCUT2D eigenvalue weighted by atomic mass is 9.93. The Bertz CT molecular complexity index is 455. The van der Waals surface area contributed by atoms with Crippen LogP contribution in [0.3, 0.4) is 0 Å². The molecule has 0 aliphatic carbocycles. The van der Waals surface area contributed by atoms with Crippen LogP contribution >= 0.6 is 0 Å². The van der Waals surface area contributed by atoms with Gasteiger partial charge in [-0.2, -0.15) is 0 Å². The lowest BCUT2D eigenvalue weighted by Crippen LogP contribution is -2.51. The Balaban J connectivity index is 2.37. The Morgan fingerprint density at radius 2 is 1.83 bits per heavy atom. The molecule has 1 aliphatic heterocycles. The number of rotatable bonds is 2. The molecule has 1 saturated heterocycles. The maximum Gasteiger partial charge on any atom is 0.269 e. The Morgan fingerprint density at radius 3 is 2.33 bits per heavy atom. The largest absolute Gasteiger partial charge is 0.269 e. The van der Waals surface area contributed by atoms with E-state index in [2.05, 4.69) is 20.0 Å². The molecule has 0 N–H and O–H groups in total. The van der Waals surface area contributed by atoms with Gasteiger partial charge in [-0.15, -0.1) is 0 Å². The zero-order valence-corrected chi connectivity index (χ0v) is 12.4. The zero-order valence-electron chi connectivity index (χ0n) is 11.4. The Morgan fingerprint density at radius 1 is 1.22 bits per heavy atom. The summed E-state index contributed by atoms with van der Waals surface area (Å²) in [5.41, 5.74) is 1.49. The maximum absolute atomic E-state index is 10.7. The summed E-state index contributed by atoms with van der Waals surface area (Å²) in [6.45, 7) is 7.26. The number of nitrogens with zero attached hydrogens (tertiary/aromatic N) is 1. The van der Waals surface area contributed by atoms with Crippen LogP contribution in [-0.2, 0) is 5.04 Å². The molecule has 0 saturated carbocycles. The molecule has 0 bridgehead atoms. The molecule has 3 nitrogen and oxygen atoms in total. The van der Waals surface area contributed by atoms with Crippen molar-refractivity contribution in [1.82, 2.24) is 0 Å². The molecule has 1 unspecified atom stereocenters. The summed E-state index contributed by atoms with van der Waals surface area (Å²) in [4.78, 5) is 10.4. The molecule has 1 aliphatic rings. The first-order valence-electron chi connectivity index (χ1n) is 6.62. The Hall–Kier alpha value is -1.16. The van der Waals surface area contributed by atoms with Crippen LogP contribution in [0.4, 0.5) is 5.69 Å². The molecule has 4 heteroatoms. The highest BCUT2D eigenvalue weighted by atomic mass is 28.3. The van der Waals surface area contributed by atoms with Crippen molar-refractivity contribution in [3.8, 4) is 0 Å². The molecule has 1 fully saturated rings. The van der Waals surface area contributed by atoms with E-state index < -0.39 is 8.07 Å². The Labute approximate surface area is 109 Å².